The molecule has 6 rings (SSSR count). The molecule has 4 aromatic carbocycles. The zero-order valence-corrected chi connectivity index (χ0v) is 26.6. The topological polar surface area (TPSA) is 122 Å². The van der Waals surface area contributed by atoms with Gasteiger partial charge in [0.2, 0.25) is 0 Å². The molecule has 2 heterocycles. The summed E-state index contributed by atoms with van der Waals surface area (Å²) in [5, 5.41) is 22.6. The molecule has 0 unspecified atom stereocenters. The van der Waals surface area contributed by atoms with E-state index in [-0.39, 0.29) is 35.7 Å². The van der Waals surface area contributed by atoms with E-state index in [0.717, 1.165) is 44.4 Å². The standard InChI is InChI=1S/C34H32N4O4S2/c1-23-5-13-28(14-6-23)43(39,40)33(19-35)17-26-11-9-25-10-12-27-18-34(20-36,44(41,42)29-15-7-24(2)8-16-29)22-38(4)32(27)30(25)31(26)37(3)21-33/h5-16H,17-18,21-22H2,1-4H3/t33-,34+. The van der Waals surface area contributed by atoms with Crippen LogP contribution in [-0.2, 0) is 32.5 Å². The van der Waals surface area contributed by atoms with E-state index in [1.807, 2.05) is 47.9 Å². The number of benzene rings is 4. The third-order valence-corrected chi connectivity index (χ3v) is 13.7. The van der Waals surface area contributed by atoms with Gasteiger partial charge in [0, 0.05) is 43.7 Å². The molecule has 0 aromatic heterocycles. The number of rotatable bonds is 4. The summed E-state index contributed by atoms with van der Waals surface area (Å²) in [4.78, 5) is 3.89. The third kappa shape index (κ3) is 4.20. The smallest absolute Gasteiger partial charge is 0.199 e. The van der Waals surface area contributed by atoms with E-state index in [2.05, 4.69) is 12.1 Å². The number of hydrogen-bond donors (Lipinski definition) is 0. The van der Waals surface area contributed by atoms with Crippen molar-refractivity contribution in [1.29, 1.82) is 10.5 Å². The van der Waals surface area contributed by atoms with Gasteiger partial charge in [-0.3, -0.25) is 0 Å². The Morgan fingerprint density at radius 2 is 0.977 bits per heavy atom. The molecule has 0 bridgehead atoms. The molecule has 0 spiro atoms. The predicted octanol–water partition coefficient (Wildman–Crippen LogP) is 4.91. The normalized spacial score (nSPS) is 21.7. The van der Waals surface area contributed by atoms with E-state index in [0.29, 0.717) is 0 Å². The zero-order valence-electron chi connectivity index (χ0n) is 25.0. The summed E-state index contributed by atoms with van der Waals surface area (Å²) in [5.41, 5.74) is 4.90. The first-order valence-electron chi connectivity index (χ1n) is 14.2. The summed E-state index contributed by atoms with van der Waals surface area (Å²) >= 11 is 0. The highest BCUT2D eigenvalue weighted by molar-refractivity contribution is 7.93. The van der Waals surface area contributed by atoms with E-state index in [1.54, 1.807) is 62.6 Å². The second-order valence-electron chi connectivity index (χ2n) is 12.2. The lowest BCUT2D eigenvalue weighted by Gasteiger charge is -2.42. The fourth-order valence-electron chi connectivity index (χ4n) is 6.79. The molecule has 2 atom stereocenters. The minimum Gasteiger partial charge on any atom is -0.371 e. The molecular formula is C34H32N4O4S2. The van der Waals surface area contributed by atoms with Crippen molar-refractivity contribution in [3.63, 3.8) is 0 Å². The van der Waals surface area contributed by atoms with E-state index >= 15 is 0 Å². The SMILES string of the molecule is Cc1ccc(S(=O)(=O)[C@@]2(C#N)Cc3ccc4ccc5c(c4c3N(C)C2)N(C)C[C@](C#N)(S(=O)(=O)c2ccc(C)cc2)C5)cc1. The Labute approximate surface area is 258 Å². The summed E-state index contributed by atoms with van der Waals surface area (Å²) < 4.78 is 52.4. The molecule has 2 aliphatic heterocycles. The fourth-order valence-corrected chi connectivity index (χ4v) is 10.3. The lowest BCUT2D eigenvalue weighted by Crippen LogP contribution is -2.53. The van der Waals surface area contributed by atoms with Gasteiger partial charge < -0.3 is 9.80 Å². The van der Waals surface area contributed by atoms with E-state index in [1.165, 1.54) is 0 Å². The predicted molar refractivity (Wildman–Crippen MR) is 171 cm³/mol. The quantitative estimate of drug-likeness (QED) is 0.314. The van der Waals surface area contributed by atoms with Crippen molar-refractivity contribution in [2.45, 2.75) is 46.0 Å². The molecular weight excluding hydrogens is 593 g/mol. The van der Waals surface area contributed by atoms with Crippen LogP contribution in [0, 0.1) is 36.5 Å². The number of aryl methyl sites for hydroxylation is 2. The molecule has 2 aliphatic rings. The number of sulfone groups is 2. The molecule has 0 saturated heterocycles. The van der Waals surface area contributed by atoms with Crippen molar-refractivity contribution in [3.8, 4) is 12.1 Å². The third-order valence-electron chi connectivity index (χ3n) is 9.10. The maximum absolute atomic E-state index is 13.9. The van der Waals surface area contributed by atoms with Crippen LogP contribution < -0.4 is 9.80 Å². The van der Waals surface area contributed by atoms with Crippen LogP contribution >= 0.6 is 0 Å². The minimum atomic E-state index is -4.03. The number of fused-ring (bicyclic) bond motifs is 5. The molecule has 44 heavy (non-hydrogen) atoms. The van der Waals surface area contributed by atoms with Crippen LogP contribution in [0.2, 0.25) is 0 Å². The summed E-state index contributed by atoms with van der Waals surface area (Å²) in [6, 6.07) is 25.1. The van der Waals surface area contributed by atoms with Crippen LogP contribution in [-0.4, -0.2) is 53.5 Å². The molecule has 8 nitrogen and oxygen atoms in total. The Morgan fingerprint density at radius 1 is 0.614 bits per heavy atom. The first kappa shape index (κ1) is 29.7. The highest BCUT2D eigenvalue weighted by Crippen LogP contribution is 2.48. The van der Waals surface area contributed by atoms with Crippen LogP contribution in [0.25, 0.3) is 10.8 Å². The lowest BCUT2D eigenvalue weighted by molar-refractivity contribution is 0.542. The molecule has 0 N–H and O–H groups in total. The number of anilines is 2. The highest BCUT2D eigenvalue weighted by Gasteiger charge is 2.52. The Balaban J connectivity index is 1.49. The van der Waals surface area contributed by atoms with Gasteiger partial charge in [0.1, 0.15) is 0 Å². The molecule has 0 aliphatic carbocycles. The molecule has 0 saturated carbocycles. The largest absolute Gasteiger partial charge is 0.371 e. The first-order chi connectivity index (χ1) is 20.8. The fraction of sp³-hybridized carbons (Fsp3) is 0.294. The maximum Gasteiger partial charge on any atom is 0.199 e. The number of nitriles is 2. The molecule has 224 valence electrons. The van der Waals surface area contributed by atoms with Crippen LogP contribution in [0.1, 0.15) is 22.3 Å². The van der Waals surface area contributed by atoms with Crippen LogP contribution in [0.15, 0.2) is 82.6 Å². The van der Waals surface area contributed by atoms with E-state index < -0.39 is 29.2 Å². The first-order valence-corrected chi connectivity index (χ1v) is 17.2. The van der Waals surface area contributed by atoms with Crippen molar-refractivity contribution in [2.75, 3.05) is 37.0 Å². The van der Waals surface area contributed by atoms with Gasteiger partial charge in [-0.15, -0.1) is 0 Å². The monoisotopic (exact) mass is 624 g/mol. The van der Waals surface area contributed by atoms with Gasteiger partial charge in [-0.2, -0.15) is 10.5 Å². The van der Waals surface area contributed by atoms with Crippen molar-refractivity contribution in [1.82, 2.24) is 0 Å². The summed E-state index contributed by atoms with van der Waals surface area (Å²) in [5.74, 6) is 0. The minimum absolute atomic E-state index is 0.00659. The van der Waals surface area contributed by atoms with E-state index in [4.69, 9.17) is 0 Å². The van der Waals surface area contributed by atoms with Gasteiger partial charge >= 0.3 is 0 Å². The van der Waals surface area contributed by atoms with Crippen LogP contribution in [0.3, 0.4) is 0 Å². The second kappa shape index (κ2) is 10.1. The average Bonchev–Trinajstić information content (AvgIpc) is 3.00. The Morgan fingerprint density at radius 3 is 1.32 bits per heavy atom. The van der Waals surface area contributed by atoms with Crippen molar-refractivity contribution >= 4 is 41.8 Å². The maximum atomic E-state index is 13.9. The van der Waals surface area contributed by atoms with Crippen molar-refractivity contribution < 1.29 is 16.8 Å². The number of nitrogens with zero attached hydrogens (tertiary/aromatic N) is 4. The van der Waals surface area contributed by atoms with Gasteiger partial charge in [-0.05, 0) is 54.6 Å². The molecule has 10 heteroatoms. The lowest BCUT2D eigenvalue weighted by atomic mass is 9.85. The molecule has 0 radical (unpaired) electrons. The van der Waals surface area contributed by atoms with Crippen LogP contribution in [0.4, 0.5) is 11.4 Å². The van der Waals surface area contributed by atoms with Crippen molar-refractivity contribution in [2.24, 2.45) is 0 Å². The zero-order chi connectivity index (χ0) is 31.7. The summed E-state index contributed by atoms with van der Waals surface area (Å²) in [6.07, 6.45) is 0.0132. The molecule has 4 aromatic rings. The summed E-state index contributed by atoms with van der Waals surface area (Å²) in [6.45, 7) is 3.68. The second-order valence-corrected chi connectivity index (χ2v) is 16.7. The Bertz CT molecular complexity index is 1980. The van der Waals surface area contributed by atoms with Gasteiger partial charge in [0.05, 0.1) is 35.0 Å². The van der Waals surface area contributed by atoms with Crippen molar-refractivity contribution in [3.05, 3.63) is 95.1 Å². The van der Waals surface area contributed by atoms with Gasteiger partial charge in [0.15, 0.2) is 29.2 Å². The van der Waals surface area contributed by atoms with Gasteiger partial charge in [0.25, 0.3) is 0 Å². The highest BCUT2D eigenvalue weighted by atomic mass is 32.2. The van der Waals surface area contributed by atoms with E-state index in [9.17, 15) is 27.4 Å². The average molecular weight is 625 g/mol. The summed E-state index contributed by atoms with van der Waals surface area (Å²) in [7, 11) is -4.48. The van der Waals surface area contributed by atoms with Crippen LogP contribution in [0.5, 0.6) is 0 Å². The Kier molecular flexibility index (Phi) is 6.80. The Hall–Kier alpha value is -4.38. The molecule has 0 amide bonds. The number of hydrogen-bond acceptors (Lipinski definition) is 8. The van der Waals surface area contributed by atoms with Gasteiger partial charge in [-0.25, -0.2) is 16.8 Å². The van der Waals surface area contributed by atoms with Gasteiger partial charge in [-0.1, -0.05) is 59.7 Å². The molecule has 0 fully saturated rings.